The van der Waals surface area contributed by atoms with E-state index < -0.39 is 5.91 Å². The number of nitrogens with two attached hydrogens (primary N) is 1. The van der Waals surface area contributed by atoms with Crippen molar-refractivity contribution in [2.75, 3.05) is 7.11 Å². The fourth-order valence-electron chi connectivity index (χ4n) is 2.13. The number of nitrogens with one attached hydrogen (secondary N) is 1. The van der Waals surface area contributed by atoms with E-state index in [0.717, 1.165) is 5.56 Å². The predicted molar refractivity (Wildman–Crippen MR) is 95.0 cm³/mol. The van der Waals surface area contributed by atoms with Crippen LogP contribution in [-0.4, -0.2) is 24.3 Å². The predicted octanol–water partition coefficient (Wildman–Crippen LogP) is 3.34. The van der Waals surface area contributed by atoms with E-state index in [1.54, 1.807) is 0 Å². The number of amides is 1. The quantitative estimate of drug-likeness (QED) is 0.645. The van der Waals surface area contributed by atoms with Crippen molar-refractivity contribution in [1.82, 2.24) is 0 Å². The number of phenolic OH excluding ortho intramolecular Hbond substituents is 1. The van der Waals surface area contributed by atoms with E-state index >= 15 is 0 Å². The lowest BCUT2D eigenvalue weighted by Gasteiger charge is -2.03. The van der Waals surface area contributed by atoms with E-state index in [1.807, 2.05) is 30.3 Å². The zero-order valence-electron chi connectivity index (χ0n) is 13.2. The van der Waals surface area contributed by atoms with E-state index in [1.165, 1.54) is 42.3 Å². The van der Waals surface area contributed by atoms with E-state index in [9.17, 15) is 4.79 Å². The molecule has 3 aromatic rings. The Kier molecular flexibility index (Phi) is 5.52. The molecular formula is C19H18N2O3. The van der Waals surface area contributed by atoms with Crippen molar-refractivity contribution in [3.05, 3.63) is 71.8 Å². The molecule has 0 saturated heterocycles. The van der Waals surface area contributed by atoms with Crippen LogP contribution in [-0.2, 0) is 0 Å². The monoisotopic (exact) mass is 322 g/mol. The molecule has 0 radical (unpaired) electrons. The number of hydrogen-bond acceptors (Lipinski definition) is 4. The first-order valence-electron chi connectivity index (χ1n) is 7.21. The van der Waals surface area contributed by atoms with Crippen LogP contribution in [0.1, 0.15) is 15.9 Å². The van der Waals surface area contributed by atoms with Gasteiger partial charge in [-0.3, -0.25) is 4.79 Å². The number of phenols is 1. The molecule has 24 heavy (non-hydrogen) atoms. The van der Waals surface area contributed by atoms with Gasteiger partial charge in [-0.1, -0.05) is 36.4 Å². The summed E-state index contributed by atoms with van der Waals surface area (Å²) in [7, 11) is 1.40. The standard InChI is InChI=1S/C11H9N.C8H9NO3/c12-8-9-5-6-10-3-1-2-4-11(10)7-9;1-12-7-4-5(8(9)11)2-3-6(7)10/h1-8,12H;2-4,10H,1H3,(H2,9,11). The van der Waals surface area contributed by atoms with Gasteiger partial charge >= 0.3 is 0 Å². The van der Waals surface area contributed by atoms with E-state index in [0.29, 0.717) is 5.56 Å². The number of primary amides is 1. The topological polar surface area (TPSA) is 96.4 Å². The third-order valence-electron chi connectivity index (χ3n) is 3.40. The van der Waals surface area contributed by atoms with Gasteiger partial charge in [-0.05, 0) is 40.6 Å². The first-order chi connectivity index (χ1) is 11.5. The Bertz CT molecular complexity index is 875. The molecule has 0 saturated carbocycles. The number of aromatic hydroxyl groups is 1. The summed E-state index contributed by atoms with van der Waals surface area (Å²) >= 11 is 0. The first kappa shape index (κ1) is 17.0. The molecule has 0 aromatic heterocycles. The number of rotatable bonds is 3. The maximum absolute atomic E-state index is 10.7. The minimum Gasteiger partial charge on any atom is -0.504 e. The average Bonchev–Trinajstić information content (AvgIpc) is 2.62. The number of methoxy groups -OCH3 is 1. The molecule has 3 aromatic carbocycles. The van der Waals surface area contributed by atoms with E-state index in [-0.39, 0.29) is 11.5 Å². The van der Waals surface area contributed by atoms with Crippen LogP contribution in [0.15, 0.2) is 60.7 Å². The number of fused-ring (bicyclic) bond motifs is 1. The second-order valence-electron chi connectivity index (χ2n) is 5.00. The van der Waals surface area contributed by atoms with Crippen LogP contribution >= 0.6 is 0 Å². The van der Waals surface area contributed by atoms with Crippen molar-refractivity contribution in [1.29, 1.82) is 5.41 Å². The van der Waals surface area contributed by atoms with Gasteiger partial charge in [0, 0.05) is 11.8 Å². The van der Waals surface area contributed by atoms with Crippen LogP contribution in [0.5, 0.6) is 11.5 Å². The summed E-state index contributed by atoms with van der Waals surface area (Å²) in [5.74, 6) is -0.317. The lowest BCUT2D eigenvalue weighted by molar-refractivity contribution is 0.1000. The summed E-state index contributed by atoms with van der Waals surface area (Å²) < 4.78 is 4.78. The Morgan fingerprint density at radius 2 is 1.79 bits per heavy atom. The van der Waals surface area contributed by atoms with E-state index in [4.69, 9.17) is 21.0 Å². The normalized spacial score (nSPS) is 9.71. The third-order valence-corrected chi connectivity index (χ3v) is 3.40. The summed E-state index contributed by atoms with van der Waals surface area (Å²) in [6.07, 6.45) is 1.37. The van der Waals surface area contributed by atoms with Gasteiger partial charge in [0.2, 0.25) is 5.91 Å². The summed E-state index contributed by atoms with van der Waals surface area (Å²) in [6, 6.07) is 18.3. The van der Waals surface area contributed by atoms with Crippen molar-refractivity contribution in [3.8, 4) is 11.5 Å². The molecule has 5 nitrogen and oxygen atoms in total. The number of carbonyl (C=O) groups is 1. The van der Waals surface area contributed by atoms with Gasteiger partial charge in [0.15, 0.2) is 11.5 Å². The highest BCUT2D eigenvalue weighted by Gasteiger charge is 2.05. The summed E-state index contributed by atoms with van der Waals surface area (Å²) in [5, 5.41) is 18.7. The second kappa shape index (κ2) is 7.78. The molecule has 1 amide bonds. The van der Waals surface area contributed by atoms with Gasteiger partial charge in [-0.15, -0.1) is 0 Å². The van der Waals surface area contributed by atoms with Gasteiger partial charge in [0.1, 0.15) is 0 Å². The Morgan fingerprint density at radius 3 is 2.42 bits per heavy atom. The van der Waals surface area contributed by atoms with Crippen LogP contribution in [0.2, 0.25) is 0 Å². The van der Waals surface area contributed by atoms with Gasteiger partial charge in [0.05, 0.1) is 7.11 Å². The van der Waals surface area contributed by atoms with Gasteiger partial charge < -0.3 is 21.0 Å². The average molecular weight is 322 g/mol. The molecule has 0 aliphatic rings. The molecule has 0 bridgehead atoms. The van der Waals surface area contributed by atoms with Crippen LogP contribution in [0.3, 0.4) is 0 Å². The maximum Gasteiger partial charge on any atom is 0.248 e. The lowest BCUT2D eigenvalue weighted by atomic mass is 10.1. The van der Waals surface area contributed by atoms with Crippen LogP contribution in [0, 0.1) is 5.41 Å². The molecule has 0 aliphatic carbocycles. The largest absolute Gasteiger partial charge is 0.504 e. The van der Waals surface area contributed by atoms with Crippen LogP contribution < -0.4 is 10.5 Å². The van der Waals surface area contributed by atoms with E-state index in [2.05, 4.69) is 12.1 Å². The molecule has 3 rings (SSSR count). The van der Waals surface area contributed by atoms with Crippen molar-refractivity contribution < 1.29 is 14.6 Å². The Hall–Kier alpha value is -3.34. The van der Waals surface area contributed by atoms with Crippen molar-refractivity contribution in [2.45, 2.75) is 0 Å². The highest BCUT2D eigenvalue weighted by atomic mass is 16.5. The molecule has 0 aliphatic heterocycles. The number of carbonyl (C=O) groups excluding carboxylic acids is 1. The lowest BCUT2D eigenvalue weighted by Crippen LogP contribution is -2.10. The molecule has 0 fully saturated rings. The highest BCUT2D eigenvalue weighted by molar-refractivity contribution is 5.93. The zero-order chi connectivity index (χ0) is 17.5. The zero-order valence-corrected chi connectivity index (χ0v) is 13.2. The molecule has 0 unspecified atom stereocenters. The van der Waals surface area contributed by atoms with Gasteiger partial charge in [-0.2, -0.15) is 0 Å². The molecule has 0 heterocycles. The molecule has 0 spiro atoms. The highest BCUT2D eigenvalue weighted by Crippen LogP contribution is 2.25. The maximum atomic E-state index is 10.7. The van der Waals surface area contributed by atoms with Crippen molar-refractivity contribution in [3.63, 3.8) is 0 Å². The SMILES string of the molecule is COc1cc(C(N)=O)ccc1O.N=Cc1ccc2ccccc2c1. The fourth-order valence-corrected chi connectivity index (χ4v) is 2.13. The minimum absolute atomic E-state index is 0.0116. The minimum atomic E-state index is -0.548. The van der Waals surface area contributed by atoms with Crippen molar-refractivity contribution >= 4 is 22.9 Å². The van der Waals surface area contributed by atoms with Gasteiger partial charge in [-0.25, -0.2) is 0 Å². The number of ether oxygens (including phenoxy) is 1. The number of benzene rings is 3. The summed E-state index contributed by atoms with van der Waals surface area (Å²) in [4.78, 5) is 10.7. The molecule has 4 N–H and O–H groups in total. The van der Waals surface area contributed by atoms with Crippen molar-refractivity contribution in [2.24, 2.45) is 5.73 Å². The second-order valence-corrected chi connectivity index (χ2v) is 5.00. The summed E-state index contributed by atoms with van der Waals surface area (Å²) in [5.41, 5.74) is 6.27. The Balaban J connectivity index is 0.000000174. The number of hydrogen-bond donors (Lipinski definition) is 3. The summed E-state index contributed by atoms with van der Waals surface area (Å²) in [6.45, 7) is 0. The molecular weight excluding hydrogens is 304 g/mol. The Labute approximate surface area is 139 Å². The molecule has 122 valence electrons. The Morgan fingerprint density at radius 1 is 1.08 bits per heavy atom. The first-order valence-corrected chi connectivity index (χ1v) is 7.21. The van der Waals surface area contributed by atoms with Crippen LogP contribution in [0.25, 0.3) is 10.8 Å². The van der Waals surface area contributed by atoms with Gasteiger partial charge in [0.25, 0.3) is 0 Å². The molecule has 5 heteroatoms. The molecule has 0 atom stereocenters. The van der Waals surface area contributed by atoms with Crippen LogP contribution in [0.4, 0.5) is 0 Å². The third kappa shape index (κ3) is 4.10. The smallest absolute Gasteiger partial charge is 0.248 e. The fraction of sp³-hybridized carbons (Fsp3) is 0.0526.